The Morgan fingerprint density at radius 3 is 2.09 bits per heavy atom. The van der Waals surface area contributed by atoms with Crippen LogP contribution in [0, 0.1) is 6.92 Å². The Hall–Kier alpha value is -1.87. The van der Waals surface area contributed by atoms with E-state index in [1.54, 1.807) is 0 Å². The Balaban J connectivity index is 1.92. The van der Waals surface area contributed by atoms with E-state index in [-0.39, 0.29) is 6.04 Å². The van der Waals surface area contributed by atoms with Gasteiger partial charge in [0.15, 0.2) is 5.11 Å². The first-order valence-corrected chi connectivity index (χ1v) is 8.64. The van der Waals surface area contributed by atoms with Crippen molar-refractivity contribution < 1.29 is 0 Å². The minimum absolute atomic E-state index is 0.176. The predicted molar refractivity (Wildman–Crippen MR) is 104 cm³/mol. The van der Waals surface area contributed by atoms with Crippen LogP contribution in [0.25, 0.3) is 0 Å². The molecule has 2 aromatic rings. The first-order chi connectivity index (χ1) is 11.0. The maximum Gasteiger partial charge on any atom is 0.171 e. The highest BCUT2D eigenvalue weighted by Gasteiger charge is 2.07. The number of hydrogen-bond acceptors (Lipinski definition) is 1. The Labute approximate surface area is 145 Å². The lowest BCUT2D eigenvalue weighted by molar-refractivity contribution is 0.722. The number of benzene rings is 2. The van der Waals surface area contributed by atoms with Gasteiger partial charge >= 0.3 is 0 Å². The van der Waals surface area contributed by atoms with Gasteiger partial charge in [-0.25, -0.2) is 0 Å². The maximum atomic E-state index is 5.42. The summed E-state index contributed by atoms with van der Waals surface area (Å²) in [6, 6.07) is 17.2. The van der Waals surface area contributed by atoms with Crippen molar-refractivity contribution in [3.05, 3.63) is 65.2 Å². The molecule has 3 heteroatoms. The van der Waals surface area contributed by atoms with Gasteiger partial charge in [-0.1, -0.05) is 55.8 Å². The highest BCUT2D eigenvalue weighted by Crippen LogP contribution is 2.20. The van der Waals surface area contributed by atoms with Gasteiger partial charge in [-0.2, -0.15) is 0 Å². The van der Waals surface area contributed by atoms with Gasteiger partial charge in [-0.3, -0.25) is 0 Å². The molecule has 2 N–H and O–H groups in total. The molecule has 23 heavy (non-hydrogen) atoms. The lowest BCUT2D eigenvalue weighted by Crippen LogP contribution is -2.30. The molecule has 0 bridgehead atoms. The lowest BCUT2D eigenvalue weighted by Gasteiger charge is -2.18. The van der Waals surface area contributed by atoms with E-state index in [0.717, 1.165) is 12.1 Å². The van der Waals surface area contributed by atoms with Gasteiger partial charge in [0.25, 0.3) is 0 Å². The summed E-state index contributed by atoms with van der Waals surface area (Å²) >= 11 is 5.42. The van der Waals surface area contributed by atoms with Gasteiger partial charge in [0.05, 0.1) is 6.04 Å². The topological polar surface area (TPSA) is 24.1 Å². The van der Waals surface area contributed by atoms with E-state index in [0.29, 0.717) is 11.0 Å². The summed E-state index contributed by atoms with van der Waals surface area (Å²) in [7, 11) is 0. The summed E-state index contributed by atoms with van der Waals surface area (Å²) in [4.78, 5) is 0. The summed E-state index contributed by atoms with van der Waals surface area (Å²) < 4.78 is 0. The molecule has 0 fully saturated rings. The van der Waals surface area contributed by atoms with Crippen LogP contribution >= 0.6 is 12.2 Å². The van der Waals surface area contributed by atoms with Crippen LogP contribution in [0.2, 0.25) is 0 Å². The molecular weight excluding hydrogens is 300 g/mol. The van der Waals surface area contributed by atoms with Crippen LogP contribution in [0.1, 0.15) is 55.8 Å². The van der Waals surface area contributed by atoms with E-state index in [4.69, 9.17) is 12.2 Å². The van der Waals surface area contributed by atoms with Gasteiger partial charge in [0.2, 0.25) is 0 Å². The molecule has 2 nitrogen and oxygen atoms in total. The molecule has 0 aromatic heterocycles. The van der Waals surface area contributed by atoms with E-state index >= 15 is 0 Å². The molecule has 0 saturated carbocycles. The van der Waals surface area contributed by atoms with Crippen molar-refractivity contribution in [1.29, 1.82) is 0 Å². The zero-order valence-corrected chi connectivity index (χ0v) is 15.2. The lowest BCUT2D eigenvalue weighted by atomic mass is 9.99. The molecule has 122 valence electrons. The van der Waals surface area contributed by atoms with Crippen molar-refractivity contribution in [3.63, 3.8) is 0 Å². The first-order valence-electron chi connectivity index (χ1n) is 8.23. The fraction of sp³-hybridized carbons (Fsp3) is 0.350. The highest BCUT2D eigenvalue weighted by atomic mass is 32.1. The molecular formula is C20H26N2S. The van der Waals surface area contributed by atoms with Crippen molar-refractivity contribution in [2.45, 2.75) is 46.1 Å². The zero-order chi connectivity index (χ0) is 16.8. The fourth-order valence-electron chi connectivity index (χ4n) is 2.43. The van der Waals surface area contributed by atoms with Gasteiger partial charge < -0.3 is 10.6 Å². The molecule has 0 amide bonds. The molecule has 0 radical (unpaired) electrons. The first kappa shape index (κ1) is 17.5. The summed E-state index contributed by atoms with van der Waals surface area (Å²) in [6.07, 6.45) is 1.15. The Morgan fingerprint density at radius 2 is 1.52 bits per heavy atom. The standard InChI is InChI=1S/C20H26N2S/c1-5-15(3)17-10-12-19(13-11-17)22-20(23)21-16(4)18-8-6-14(2)7-9-18/h6-13,15-16H,5H2,1-4H3,(H2,21,22,23). The molecule has 2 rings (SSSR count). The van der Waals surface area contributed by atoms with Crippen molar-refractivity contribution in [3.8, 4) is 0 Å². The fourth-order valence-corrected chi connectivity index (χ4v) is 2.73. The average Bonchev–Trinajstić information content (AvgIpc) is 2.55. The monoisotopic (exact) mass is 326 g/mol. The summed E-state index contributed by atoms with van der Waals surface area (Å²) in [6.45, 7) is 8.67. The van der Waals surface area contributed by atoms with Crippen molar-refractivity contribution >= 4 is 23.0 Å². The number of rotatable bonds is 5. The van der Waals surface area contributed by atoms with Crippen LogP contribution < -0.4 is 10.6 Å². The second-order valence-corrected chi connectivity index (χ2v) is 6.57. The van der Waals surface area contributed by atoms with Gasteiger partial charge in [-0.05, 0) is 61.7 Å². The van der Waals surface area contributed by atoms with Crippen LogP contribution in [0.15, 0.2) is 48.5 Å². The van der Waals surface area contributed by atoms with Crippen LogP contribution in [-0.4, -0.2) is 5.11 Å². The second kappa shape index (κ2) is 8.11. The van der Waals surface area contributed by atoms with Crippen LogP contribution in [0.5, 0.6) is 0 Å². The maximum absolute atomic E-state index is 5.42. The SMILES string of the molecule is CCC(C)c1ccc(NC(=S)NC(C)c2ccc(C)cc2)cc1. The normalized spacial score (nSPS) is 13.2. The number of hydrogen-bond donors (Lipinski definition) is 2. The minimum atomic E-state index is 0.176. The molecule has 0 heterocycles. The average molecular weight is 327 g/mol. The molecule has 2 aromatic carbocycles. The number of aryl methyl sites for hydroxylation is 1. The minimum Gasteiger partial charge on any atom is -0.356 e. The second-order valence-electron chi connectivity index (χ2n) is 6.16. The van der Waals surface area contributed by atoms with E-state index in [1.165, 1.54) is 16.7 Å². The molecule has 2 unspecified atom stereocenters. The van der Waals surface area contributed by atoms with E-state index in [1.807, 2.05) is 0 Å². The van der Waals surface area contributed by atoms with Crippen molar-refractivity contribution in [1.82, 2.24) is 5.32 Å². The van der Waals surface area contributed by atoms with Crippen LogP contribution in [0.3, 0.4) is 0 Å². The zero-order valence-electron chi connectivity index (χ0n) is 14.4. The molecule has 0 saturated heterocycles. The summed E-state index contributed by atoms with van der Waals surface area (Å²) in [5, 5.41) is 7.24. The number of anilines is 1. The molecule has 0 spiro atoms. The van der Waals surface area contributed by atoms with E-state index in [2.05, 4.69) is 86.9 Å². The third-order valence-electron chi connectivity index (χ3n) is 4.27. The smallest absolute Gasteiger partial charge is 0.171 e. The quantitative estimate of drug-likeness (QED) is 0.704. The third kappa shape index (κ3) is 5.07. The summed E-state index contributed by atoms with van der Waals surface area (Å²) in [5.74, 6) is 0.593. The van der Waals surface area contributed by atoms with E-state index < -0.39 is 0 Å². The van der Waals surface area contributed by atoms with Gasteiger partial charge in [0.1, 0.15) is 0 Å². The number of thiocarbonyl (C=S) groups is 1. The van der Waals surface area contributed by atoms with E-state index in [9.17, 15) is 0 Å². The highest BCUT2D eigenvalue weighted by molar-refractivity contribution is 7.80. The third-order valence-corrected chi connectivity index (χ3v) is 4.49. The van der Waals surface area contributed by atoms with Crippen LogP contribution in [0.4, 0.5) is 5.69 Å². The van der Waals surface area contributed by atoms with Crippen LogP contribution in [-0.2, 0) is 0 Å². The molecule has 0 aliphatic rings. The Morgan fingerprint density at radius 1 is 0.957 bits per heavy atom. The predicted octanol–water partition coefficient (Wildman–Crippen LogP) is 5.56. The molecule has 0 aliphatic heterocycles. The van der Waals surface area contributed by atoms with Gasteiger partial charge in [0, 0.05) is 5.69 Å². The number of nitrogens with one attached hydrogen (secondary N) is 2. The van der Waals surface area contributed by atoms with Gasteiger partial charge in [-0.15, -0.1) is 0 Å². The Kier molecular flexibility index (Phi) is 6.17. The molecule has 0 aliphatic carbocycles. The summed E-state index contributed by atoms with van der Waals surface area (Å²) in [5.41, 5.74) is 4.88. The largest absolute Gasteiger partial charge is 0.356 e. The molecule has 2 atom stereocenters. The van der Waals surface area contributed by atoms with Crippen molar-refractivity contribution in [2.75, 3.05) is 5.32 Å². The van der Waals surface area contributed by atoms with Crippen molar-refractivity contribution in [2.24, 2.45) is 0 Å². The Bertz CT molecular complexity index is 632.